The SMILES string of the molecule is CC1NS(=O)(=O)Oc2c(-c3ccc(-c4ccccc4)cc3F)cccc21. The van der Waals surface area contributed by atoms with Crippen molar-refractivity contribution in [2.75, 3.05) is 0 Å². The molecule has 0 amide bonds. The molecule has 1 unspecified atom stereocenters. The van der Waals surface area contributed by atoms with Gasteiger partial charge in [0.05, 0.1) is 6.04 Å². The molecule has 0 spiro atoms. The van der Waals surface area contributed by atoms with Crippen LogP contribution in [0.2, 0.25) is 0 Å². The van der Waals surface area contributed by atoms with Crippen LogP contribution in [0.25, 0.3) is 22.3 Å². The third-order valence-electron chi connectivity index (χ3n) is 4.39. The van der Waals surface area contributed by atoms with E-state index in [9.17, 15) is 12.8 Å². The Bertz CT molecular complexity index is 1080. The van der Waals surface area contributed by atoms with Gasteiger partial charge in [0, 0.05) is 16.7 Å². The van der Waals surface area contributed by atoms with Crippen molar-refractivity contribution in [2.45, 2.75) is 13.0 Å². The van der Waals surface area contributed by atoms with Crippen molar-refractivity contribution in [3.8, 4) is 28.0 Å². The van der Waals surface area contributed by atoms with Gasteiger partial charge < -0.3 is 4.18 Å². The Kier molecular flexibility index (Phi) is 4.01. The van der Waals surface area contributed by atoms with E-state index in [4.69, 9.17) is 4.18 Å². The Labute approximate surface area is 151 Å². The number of benzene rings is 3. The zero-order chi connectivity index (χ0) is 18.3. The van der Waals surface area contributed by atoms with Gasteiger partial charge in [0.1, 0.15) is 5.82 Å². The summed E-state index contributed by atoms with van der Waals surface area (Å²) in [5.74, 6) is -0.267. The van der Waals surface area contributed by atoms with Gasteiger partial charge in [-0.1, -0.05) is 60.7 Å². The molecule has 0 saturated carbocycles. The first-order chi connectivity index (χ1) is 12.4. The summed E-state index contributed by atoms with van der Waals surface area (Å²) in [6.45, 7) is 1.72. The molecule has 0 radical (unpaired) electrons. The molecule has 0 fully saturated rings. The molecule has 3 aromatic carbocycles. The van der Waals surface area contributed by atoms with E-state index >= 15 is 0 Å². The molecule has 1 aliphatic rings. The predicted octanol–water partition coefficient (Wildman–Crippen LogP) is 4.45. The van der Waals surface area contributed by atoms with Crippen LogP contribution in [-0.2, 0) is 10.3 Å². The summed E-state index contributed by atoms with van der Waals surface area (Å²) in [6, 6.07) is 19.1. The van der Waals surface area contributed by atoms with E-state index in [1.807, 2.05) is 36.4 Å². The summed E-state index contributed by atoms with van der Waals surface area (Å²) in [5, 5.41) is 0. The highest BCUT2D eigenvalue weighted by Gasteiger charge is 2.30. The molecule has 0 bridgehead atoms. The molecule has 1 N–H and O–H groups in total. The van der Waals surface area contributed by atoms with E-state index in [1.165, 1.54) is 6.07 Å². The van der Waals surface area contributed by atoms with Crippen LogP contribution >= 0.6 is 0 Å². The van der Waals surface area contributed by atoms with E-state index in [0.29, 0.717) is 16.7 Å². The van der Waals surface area contributed by atoms with Crippen molar-refractivity contribution in [2.24, 2.45) is 0 Å². The average molecular weight is 369 g/mol. The van der Waals surface area contributed by atoms with Gasteiger partial charge in [-0.3, -0.25) is 0 Å². The Balaban J connectivity index is 1.84. The number of nitrogens with one attached hydrogen (secondary N) is 1. The Morgan fingerprint density at radius 2 is 1.69 bits per heavy atom. The second-order valence-corrected chi connectivity index (χ2v) is 7.47. The number of halogens is 1. The molecule has 3 aromatic rings. The normalized spacial score (nSPS) is 18.0. The van der Waals surface area contributed by atoms with Crippen LogP contribution in [0.5, 0.6) is 5.75 Å². The molecule has 1 heterocycles. The van der Waals surface area contributed by atoms with Gasteiger partial charge in [-0.05, 0) is 24.1 Å². The van der Waals surface area contributed by atoms with Gasteiger partial charge in [-0.2, -0.15) is 13.1 Å². The Hall–Kier alpha value is -2.70. The smallest absolute Gasteiger partial charge is 0.370 e. The average Bonchev–Trinajstić information content (AvgIpc) is 2.61. The van der Waals surface area contributed by atoms with Crippen LogP contribution in [-0.4, -0.2) is 8.42 Å². The van der Waals surface area contributed by atoms with Crippen molar-refractivity contribution in [1.29, 1.82) is 0 Å². The summed E-state index contributed by atoms with van der Waals surface area (Å²) >= 11 is 0. The highest BCUT2D eigenvalue weighted by Crippen LogP contribution is 2.41. The van der Waals surface area contributed by atoms with Gasteiger partial charge in [-0.25, -0.2) is 4.39 Å². The van der Waals surface area contributed by atoms with Crippen molar-refractivity contribution >= 4 is 10.3 Å². The van der Waals surface area contributed by atoms with E-state index in [0.717, 1.165) is 11.1 Å². The topological polar surface area (TPSA) is 55.4 Å². The van der Waals surface area contributed by atoms with Crippen molar-refractivity contribution in [3.63, 3.8) is 0 Å². The first-order valence-electron chi connectivity index (χ1n) is 8.14. The largest absolute Gasteiger partial charge is 0.383 e. The lowest BCUT2D eigenvalue weighted by Gasteiger charge is -2.25. The highest BCUT2D eigenvalue weighted by atomic mass is 32.2. The third kappa shape index (κ3) is 2.98. The highest BCUT2D eigenvalue weighted by molar-refractivity contribution is 7.85. The first-order valence-corrected chi connectivity index (χ1v) is 9.55. The fourth-order valence-electron chi connectivity index (χ4n) is 3.16. The maximum Gasteiger partial charge on any atom is 0.383 e. The molecule has 4 nitrogen and oxygen atoms in total. The molecule has 26 heavy (non-hydrogen) atoms. The molecule has 4 rings (SSSR count). The lowest BCUT2D eigenvalue weighted by atomic mass is 9.96. The van der Waals surface area contributed by atoms with Crippen LogP contribution in [0.4, 0.5) is 4.39 Å². The van der Waals surface area contributed by atoms with E-state index in [-0.39, 0.29) is 5.75 Å². The molecular formula is C20H16FNO3S. The lowest BCUT2D eigenvalue weighted by Crippen LogP contribution is -2.35. The summed E-state index contributed by atoms with van der Waals surface area (Å²) in [7, 11) is -3.91. The van der Waals surface area contributed by atoms with Crippen LogP contribution in [0, 0.1) is 5.82 Å². The number of hydrogen-bond acceptors (Lipinski definition) is 3. The molecule has 1 atom stereocenters. The van der Waals surface area contributed by atoms with Crippen LogP contribution in [0.15, 0.2) is 66.7 Å². The van der Waals surface area contributed by atoms with E-state index < -0.39 is 22.2 Å². The fourth-order valence-corrected chi connectivity index (χ4v) is 4.17. The number of para-hydroxylation sites is 1. The minimum atomic E-state index is -3.91. The molecule has 6 heteroatoms. The summed E-state index contributed by atoms with van der Waals surface area (Å²) in [6.07, 6.45) is 0. The van der Waals surface area contributed by atoms with Gasteiger partial charge in [0.15, 0.2) is 5.75 Å². The number of hydrogen-bond donors (Lipinski definition) is 1. The summed E-state index contributed by atoms with van der Waals surface area (Å²) in [5.41, 5.74) is 3.04. The van der Waals surface area contributed by atoms with Crippen molar-refractivity contribution in [3.05, 3.63) is 78.1 Å². The molecule has 1 aliphatic heterocycles. The molecule has 0 aromatic heterocycles. The fraction of sp³-hybridized carbons (Fsp3) is 0.100. The Morgan fingerprint density at radius 3 is 2.42 bits per heavy atom. The maximum atomic E-state index is 14.9. The van der Waals surface area contributed by atoms with Gasteiger partial charge >= 0.3 is 10.3 Å². The second-order valence-electron chi connectivity index (χ2n) is 6.16. The monoisotopic (exact) mass is 369 g/mol. The van der Waals surface area contributed by atoms with E-state index in [2.05, 4.69) is 4.72 Å². The second kappa shape index (κ2) is 6.23. The molecular weight excluding hydrogens is 353 g/mol. The van der Waals surface area contributed by atoms with E-state index in [1.54, 1.807) is 31.2 Å². The minimum absolute atomic E-state index is 0.171. The predicted molar refractivity (Wildman–Crippen MR) is 98.4 cm³/mol. The standard InChI is InChI=1S/C20H16FNO3S/c1-13-16-8-5-9-18(20(16)25-26(23,24)22-13)17-11-10-15(12-19(17)21)14-6-3-2-4-7-14/h2-13,22H,1H3. The Morgan fingerprint density at radius 1 is 0.923 bits per heavy atom. The third-order valence-corrected chi connectivity index (χ3v) is 5.42. The molecule has 132 valence electrons. The zero-order valence-electron chi connectivity index (χ0n) is 13.9. The van der Waals surface area contributed by atoms with Gasteiger partial charge in [0.2, 0.25) is 0 Å². The lowest BCUT2D eigenvalue weighted by molar-refractivity contribution is 0.437. The number of rotatable bonds is 2. The summed E-state index contributed by atoms with van der Waals surface area (Å²) < 4.78 is 46.2. The summed E-state index contributed by atoms with van der Waals surface area (Å²) in [4.78, 5) is 0. The molecule has 0 aliphatic carbocycles. The van der Waals surface area contributed by atoms with Crippen LogP contribution in [0.3, 0.4) is 0 Å². The molecule has 0 saturated heterocycles. The zero-order valence-corrected chi connectivity index (χ0v) is 14.8. The van der Waals surface area contributed by atoms with Crippen LogP contribution < -0.4 is 8.91 Å². The van der Waals surface area contributed by atoms with Gasteiger partial charge in [-0.15, -0.1) is 0 Å². The number of fused-ring (bicyclic) bond motifs is 1. The van der Waals surface area contributed by atoms with Crippen molar-refractivity contribution < 1.29 is 17.0 Å². The van der Waals surface area contributed by atoms with Crippen molar-refractivity contribution in [1.82, 2.24) is 4.72 Å². The van der Waals surface area contributed by atoms with Crippen LogP contribution in [0.1, 0.15) is 18.5 Å². The maximum absolute atomic E-state index is 14.9. The van der Waals surface area contributed by atoms with Gasteiger partial charge in [0.25, 0.3) is 0 Å². The quantitative estimate of drug-likeness (QED) is 0.726. The first kappa shape index (κ1) is 16.8. The minimum Gasteiger partial charge on any atom is -0.370 e.